The number of fused-ring (bicyclic) bond motifs is 1. The van der Waals surface area contributed by atoms with Crippen molar-refractivity contribution in [2.75, 3.05) is 4.90 Å². The van der Waals surface area contributed by atoms with Gasteiger partial charge in [-0.2, -0.15) is 0 Å². The number of rotatable bonds is 10. The van der Waals surface area contributed by atoms with Crippen molar-refractivity contribution >= 4 is 27.8 Å². The lowest BCUT2D eigenvalue weighted by atomic mass is 9.12. The largest absolute Gasteiger partial charge is 0.309 e. The number of hydrogen-bond acceptors (Lipinski definition) is 1. The van der Waals surface area contributed by atoms with Crippen LogP contribution in [0.2, 0.25) is 0 Å². The van der Waals surface area contributed by atoms with Gasteiger partial charge >= 0.3 is 0 Å². The Bertz CT molecular complexity index is 3490. The molecule has 1 heteroatoms. The Balaban J connectivity index is 0.954. The third-order valence-electron chi connectivity index (χ3n) is 17.1. The minimum atomic E-state index is 0.330. The third kappa shape index (κ3) is 5.75. The van der Waals surface area contributed by atoms with E-state index in [9.17, 15) is 0 Å². The minimum Gasteiger partial charge on any atom is -0.309 e. The zero-order valence-electron chi connectivity index (χ0n) is 38.1. The number of benzene rings is 10. The molecule has 1 spiro atoms. The van der Waals surface area contributed by atoms with Gasteiger partial charge in [0.15, 0.2) is 0 Å². The molecule has 2 atom stereocenters. The zero-order chi connectivity index (χ0) is 44.8. The quantitative estimate of drug-likeness (QED) is 0.132. The molecule has 0 amide bonds. The van der Waals surface area contributed by atoms with Crippen LogP contribution in [-0.4, -0.2) is 0 Å². The molecule has 0 N–H and O–H groups in total. The van der Waals surface area contributed by atoms with Gasteiger partial charge in [-0.15, -0.1) is 0 Å². The first-order chi connectivity index (χ1) is 33.7. The van der Waals surface area contributed by atoms with Gasteiger partial charge in [0.1, 0.15) is 0 Å². The minimum absolute atomic E-state index is 0.330. The summed E-state index contributed by atoms with van der Waals surface area (Å²) in [5.41, 5.74) is 20.6. The third-order valence-corrected chi connectivity index (χ3v) is 17.1. The molecule has 10 aromatic rings. The number of anilines is 3. The molecule has 2 unspecified atom stereocenters. The molecule has 4 aliphatic carbocycles. The molecular weight excluding hydrogens is 819 g/mol. The fraction of sp³-hybridized carbons (Fsp3) is 0.134. The fourth-order valence-electron chi connectivity index (χ4n) is 14.3. The highest BCUT2D eigenvalue weighted by molar-refractivity contribution is 6.05. The van der Waals surface area contributed by atoms with E-state index < -0.39 is 0 Å². The van der Waals surface area contributed by atoms with Gasteiger partial charge in [0.2, 0.25) is 0 Å². The van der Waals surface area contributed by atoms with Crippen molar-refractivity contribution in [2.45, 2.75) is 31.1 Å². The smallest absolute Gasteiger partial charge is 0.0540 e. The number of para-hydroxylation sites is 1. The molecule has 0 radical (unpaired) electrons. The topological polar surface area (TPSA) is 3.24 Å². The molecule has 0 bridgehead atoms. The van der Waals surface area contributed by atoms with Crippen LogP contribution in [0.25, 0.3) is 77.5 Å². The van der Waals surface area contributed by atoms with Crippen LogP contribution < -0.4 is 4.90 Å². The Kier molecular flexibility index (Phi) is 8.93. The Hall–Kier alpha value is -7.74. The molecular formula is C67H51N. The van der Waals surface area contributed by atoms with Crippen LogP contribution in [0, 0.1) is 23.2 Å². The van der Waals surface area contributed by atoms with Gasteiger partial charge in [0, 0.05) is 22.2 Å². The molecule has 14 rings (SSSR count). The average molecular weight is 870 g/mol. The van der Waals surface area contributed by atoms with Crippen molar-refractivity contribution in [3.8, 4) is 66.8 Å². The highest BCUT2D eigenvalue weighted by Crippen LogP contribution is 2.93. The molecule has 324 valence electrons. The van der Waals surface area contributed by atoms with Crippen LogP contribution in [0.1, 0.15) is 31.2 Å². The second-order valence-electron chi connectivity index (χ2n) is 20.1. The summed E-state index contributed by atoms with van der Waals surface area (Å²) in [5.74, 6) is 2.82. The standard InChI is InChI=1S/C67H51N/c1-5-17-45(18-6-1)52-34-38-64(61(40-52)49-23-11-4-12-24-49)68(56-35-31-46(32-36-56)51-33-37-57(47-19-7-2-8-20-47)60(39-51)48-21-9-3-10-22-48)63-30-14-13-27-58(63)59-28-15-25-50-26-16-29-62(65(50)59)66-43-54-41-53-42-55(44-66)67(53,54)66/h1-40,53-55H,41-44H2. The lowest BCUT2D eigenvalue weighted by Gasteiger charge is -2.91. The van der Waals surface area contributed by atoms with Gasteiger partial charge in [-0.1, -0.05) is 206 Å². The van der Waals surface area contributed by atoms with Crippen molar-refractivity contribution in [3.05, 3.63) is 248 Å². The predicted octanol–water partition coefficient (Wildman–Crippen LogP) is 18.0. The summed E-state index contributed by atoms with van der Waals surface area (Å²) in [4.78, 5) is 2.54. The van der Waals surface area contributed by atoms with E-state index in [1.807, 2.05) is 0 Å². The highest BCUT2D eigenvalue weighted by Gasteiger charge is 2.87. The molecule has 4 fully saturated rings. The van der Waals surface area contributed by atoms with E-state index in [1.165, 1.54) is 109 Å². The van der Waals surface area contributed by atoms with Crippen molar-refractivity contribution in [1.82, 2.24) is 0 Å². The summed E-state index contributed by atoms with van der Waals surface area (Å²) in [6.45, 7) is 0. The summed E-state index contributed by atoms with van der Waals surface area (Å²) in [6, 6.07) is 90.1. The van der Waals surface area contributed by atoms with E-state index in [1.54, 1.807) is 5.56 Å². The highest BCUT2D eigenvalue weighted by atomic mass is 15.1. The molecule has 10 aromatic carbocycles. The molecule has 0 aromatic heterocycles. The van der Waals surface area contributed by atoms with Crippen molar-refractivity contribution in [2.24, 2.45) is 23.2 Å². The summed E-state index contributed by atoms with van der Waals surface area (Å²) >= 11 is 0. The van der Waals surface area contributed by atoms with Crippen LogP contribution >= 0.6 is 0 Å². The van der Waals surface area contributed by atoms with Crippen molar-refractivity contribution < 1.29 is 0 Å². The molecule has 0 aliphatic heterocycles. The first-order valence-corrected chi connectivity index (χ1v) is 24.7. The molecule has 4 aliphatic rings. The summed E-state index contributed by atoms with van der Waals surface area (Å²) < 4.78 is 0. The van der Waals surface area contributed by atoms with Gasteiger partial charge in [0.25, 0.3) is 0 Å². The molecule has 0 heterocycles. The van der Waals surface area contributed by atoms with E-state index in [0.717, 1.165) is 29.1 Å². The SMILES string of the molecule is c1ccc(-c2ccc(N(c3ccc(-c4ccc(-c5ccccc5)c(-c5ccccc5)c4)cc3)c3ccccc3-c3cccc4cccc(C56CC7CC8CC(C5)C876)c34)c(-c3ccccc3)c2)cc1. The summed E-state index contributed by atoms with van der Waals surface area (Å²) in [6.07, 6.45) is 5.66. The predicted molar refractivity (Wildman–Crippen MR) is 284 cm³/mol. The second-order valence-corrected chi connectivity index (χ2v) is 20.1. The summed E-state index contributed by atoms with van der Waals surface area (Å²) in [5, 5.41) is 2.81. The zero-order valence-corrected chi connectivity index (χ0v) is 38.1. The van der Waals surface area contributed by atoms with E-state index in [-0.39, 0.29) is 0 Å². The number of nitrogens with zero attached hydrogens (tertiary/aromatic N) is 1. The summed E-state index contributed by atoms with van der Waals surface area (Å²) in [7, 11) is 0. The Morgan fingerprint density at radius 2 is 0.809 bits per heavy atom. The maximum absolute atomic E-state index is 2.54. The Morgan fingerprint density at radius 1 is 0.324 bits per heavy atom. The van der Waals surface area contributed by atoms with E-state index in [0.29, 0.717) is 10.8 Å². The maximum atomic E-state index is 2.54. The van der Waals surface area contributed by atoms with Crippen LogP contribution in [0.4, 0.5) is 17.1 Å². The van der Waals surface area contributed by atoms with Gasteiger partial charge in [-0.25, -0.2) is 0 Å². The van der Waals surface area contributed by atoms with E-state index in [2.05, 4.69) is 248 Å². The fourth-order valence-corrected chi connectivity index (χ4v) is 14.3. The second kappa shape index (κ2) is 15.4. The maximum Gasteiger partial charge on any atom is 0.0540 e. The Morgan fingerprint density at radius 3 is 1.44 bits per heavy atom. The van der Waals surface area contributed by atoms with E-state index >= 15 is 0 Å². The first-order valence-electron chi connectivity index (χ1n) is 24.7. The van der Waals surface area contributed by atoms with Crippen LogP contribution in [-0.2, 0) is 5.41 Å². The molecule has 1 nitrogen and oxygen atoms in total. The lowest BCUT2D eigenvalue weighted by Crippen LogP contribution is -2.87. The lowest BCUT2D eigenvalue weighted by molar-refractivity contribution is -0.394. The van der Waals surface area contributed by atoms with Gasteiger partial charge in [0.05, 0.1) is 11.4 Å². The van der Waals surface area contributed by atoms with E-state index in [4.69, 9.17) is 0 Å². The average Bonchev–Trinajstić information content (AvgIpc) is 3.39. The monoisotopic (exact) mass is 869 g/mol. The number of hydrogen-bond donors (Lipinski definition) is 0. The van der Waals surface area contributed by atoms with Gasteiger partial charge in [-0.05, 0) is 157 Å². The van der Waals surface area contributed by atoms with Crippen LogP contribution in [0.5, 0.6) is 0 Å². The van der Waals surface area contributed by atoms with Crippen LogP contribution in [0.3, 0.4) is 0 Å². The van der Waals surface area contributed by atoms with Gasteiger partial charge < -0.3 is 4.90 Å². The molecule has 68 heavy (non-hydrogen) atoms. The molecule has 0 saturated heterocycles. The molecule has 4 saturated carbocycles. The normalized spacial score (nSPS) is 21.6. The van der Waals surface area contributed by atoms with Crippen molar-refractivity contribution in [3.63, 3.8) is 0 Å². The van der Waals surface area contributed by atoms with Crippen LogP contribution in [0.15, 0.2) is 243 Å². The first kappa shape index (κ1) is 39.4. The van der Waals surface area contributed by atoms with Crippen molar-refractivity contribution in [1.29, 1.82) is 0 Å². The Labute approximate surface area is 400 Å². The van der Waals surface area contributed by atoms with Gasteiger partial charge in [-0.3, -0.25) is 0 Å².